The lowest BCUT2D eigenvalue weighted by Crippen LogP contribution is -2.25. The molecule has 0 saturated heterocycles. The number of hydrogen-bond donors (Lipinski definition) is 1. The van der Waals surface area contributed by atoms with Gasteiger partial charge in [-0.3, -0.25) is 4.90 Å². The van der Waals surface area contributed by atoms with Crippen molar-refractivity contribution in [3.05, 3.63) is 48.0 Å². The summed E-state index contributed by atoms with van der Waals surface area (Å²) in [5.74, 6) is 0.769. The third kappa shape index (κ3) is 4.54. The second-order valence-electron chi connectivity index (χ2n) is 3.70. The van der Waals surface area contributed by atoms with Gasteiger partial charge >= 0.3 is 0 Å². The van der Waals surface area contributed by atoms with Crippen molar-refractivity contribution in [1.82, 2.24) is 4.90 Å². The van der Waals surface area contributed by atoms with Crippen LogP contribution >= 0.6 is 12.6 Å². The van der Waals surface area contributed by atoms with Gasteiger partial charge in [0.1, 0.15) is 0 Å². The lowest BCUT2D eigenvalue weighted by Gasteiger charge is -2.21. The molecule has 1 nitrogen and oxygen atoms in total. The molecule has 1 rings (SSSR count). The van der Waals surface area contributed by atoms with E-state index in [1.54, 1.807) is 0 Å². The largest absolute Gasteiger partial charge is 0.295 e. The minimum Gasteiger partial charge on any atom is -0.295 e. The molecule has 0 aliphatic heterocycles. The van der Waals surface area contributed by atoms with E-state index in [2.05, 4.69) is 55.3 Å². The van der Waals surface area contributed by atoms with E-state index < -0.39 is 0 Å². The van der Waals surface area contributed by atoms with Crippen LogP contribution in [0.5, 0.6) is 0 Å². The zero-order valence-corrected chi connectivity index (χ0v) is 10.2. The lowest BCUT2D eigenvalue weighted by atomic mass is 10.2. The molecule has 82 valence electrons. The van der Waals surface area contributed by atoms with Gasteiger partial charge in [-0.1, -0.05) is 49.4 Å². The third-order valence-electron chi connectivity index (χ3n) is 2.37. The molecule has 0 aliphatic rings. The van der Waals surface area contributed by atoms with Gasteiger partial charge in [0.15, 0.2) is 0 Å². The van der Waals surface area contributed by atoms with E-state index in [4.69, 9.17) is 0 Å². The fourth-order valence-electron chi connectivity index (χ4n) is 1.49. The Morgan fingerprint density at radius 3 is 2.53 bits per heavy atom. The molecule has 0 aliphatic carbocycles. The first-order valence-corrected chi connectivity index (χ1v) is 5.93. The van der Waals surface area contributed by atoms with Gasteiger partial charge in [-0.15, -0.1) is 0 Å². The molecule has 0 aromatic heterocycles. The maximum absolute atomic E-state index is 4.23. The minimum atomic E-state index is 0.769. The summed E-state index contributed by atoms with van der Waals surface area (Å²) in [6.07, 6.45) is 0. The number of hydrogen-bond acceptors (Lipinski definition) is 2. The Morgan fingerprint density at radius 1 is 1.33 bits per heavy atom. The normalized spacial score (nSPS) is 10.6. The highest BCUT2D eigenvalue weighted by atomic mass is 32.1. The van der Waals surface area contributed by atoms with Crippen molar-refractivity contribution in [3.63, 3.8) is 0 Å². The summed E-state index contributed by atoms with van der Waals surface area (Å²) in [7, 11) is 0. The van der Waals surface area contributed by atoms with Crippen LogP contribution in [0.3, 0.4) is 0 Å². The maximum Gasteiger partial charge on any atom is 0.0237 e. The fourth-order valence-corrected chi connectivity index (χ4v) is 1.59. The molecule has 1 aromatic rings. The van der Waals surface area contributed by atoms with Crippen LogP contribution in [0.25, 0.3) is 0 Å². The Morgan fingerprint density at radius 2 is 2.00 bits per heavy atom. The third-order valence-corrected chi connectivity index (χ3v) is 2.81. The predicted molar refractivity (Wildman–Crippen MR) is 70.4 cm³/mol. The molecule has 0 heterocycles. The molecule has 0 unspecified atom stereocenters. The zero-order valence-electron chi connectivity index (χ0n) is 9.32. The Balaban J connectivity index is 2.50. The minimum absolute atomic E-state index is 0.769. The van der Waals surface area contributed by atoms with Crippen LogP contribution in [0.15, 0.2) is 42.5 Å². The van der Waals surface area contributed by atoms with Gasteiger partial charge in [-0.25, -0.2) is 0 Å². The van der Waals surface area contributed by atoms with Gasteiger partial charge in [0.2, 0.25) is 0 Å². The van der Waals surface area contributed by atoms with Gasteiger partial charge in [0.25, 0.3) is 0 Å². The Kier molecular flexibility index (Phi) is 5.51. The van der Waals surface area contributed by atoms with Crippen LogP contribution in [-0.4, -0.2) is 23.7 Å². The molecule has 0 bridgehead atoms. The predicted octanol–water partition coefficient (Wildman–Crippen LogP) is 2.99. The van der Waals surface area contributed by atoms with E-state index in [-0.39, 0.29) is 0 Å². The molecule has 2 heteroatoms. The average molecular weight is 221 g/mol. The van der Waals surface area contributed by atoms with E-state index in [1.165, 1.54) is 11.1 Å². The van der Waals surface area contributed by atoms with Crippen molar-refractivity contribution in [3.8, 4) is 0 Å². The molecule has 0 N–H and O–H groups in total. The molecule has 15 heavy (non-hydrogen) atoms. The average Bonchev–Trinajstić information content (AvgIpc) is 2.29. The van der Waals surface area contributed by atoms with Crippen molar-refractivity contribution >= 4 is 12.6 Å². The van der Waals surface area contributed by atoms with E-state index >= 15 is 0 Å². The first-order chi connectivity index (χ1) is 7.26. The van der Waals surface area contributed by atoms with Crippen LogP contribution < -0.4 is 0 Å². The maximum atomic E-state index is 4.23. The molecule has 0 atom stereocenters. The molecule has 1 aromatic carbocycles. The first-order valence-electron chi connectivity index (χ1n) is 5.30. The van der Waals surface area contributed by atoms with E-state index in [1.807, 2.05) is 6.07 Å². The van der Waals surface area contributed by atoms with Crippen molar-refractivity contribution in [2.24, 2.45) is 0 Å². The van der Waals surface area contributed by atoms with Crippen molar-refractivity contribution in [2.75, 3.05) is 18.8 Å². The van der Waals surface area contributed by atoms with E-state index in [9.17, 15) is 0 Å². The van der Waals surface area contributed by atoms with Gasteiger partial charge in [-0.05, 0) is 12.1 Å². The second kappa shape index (κ2) is 6.70. The number of rotatable bonds is 6. The van der Waals surface area contributed by atoms with Gasteiger partial charge in [-0.2, -0.15) is 12.6 Å². The lowest BCUT2D eigenvalue weighted by molar-refractivity contribution is 0.305. The van der Waals surface area contributed by atoms with Gasteiger partial charge in [0, 0.05) is 18.8 Å². The Bertz CT molecular complexity index is 295. The van der Waals surface area contributed by atoms with Crippen LogP contribution in [-0.2, 0) is 6.54 Å². The molecule has 0 radical (unpaired) electrons. The second-order valence-corrected chi connectivity index (χ2v) is 4.01. The Labute approximate surface area is 98.2 Å². The summed E-state index contributed by atoms with van der Waals surface area (Å²) in [6, 6.07) is 10.5. The highest BCUT2D eigenvalue weighted by molar-refractivity contribution is 7.80. The smallest absolute Gasteiger partial charge is 0.0237 e. The van der Waals surface area contributed by atoms with E-state index in [0.29, 0.717) is 0 Å². The quantitative estimate of drug-likeness (QED) is 0.571. The van der Waals surface area contributed by atoms with Crippen molar-refractivity contribution < 1.29 is 0 Å². The van der Waals surface area contributed by atoms with Crippen LogP contribution in [0.1, 0.15) is 12.5 Å². The highest BCUT2D eigenvalue weighted by Crippen LogP contribution is 2.06. The zero-order chi connectivity index (χ0) is 11.1. The number of benzene rings is 1. The summed E-state index contributed by atoms with van der Waals surface area (Å²) in [5.41, 5.74) is 2.53. The molecular formula is C13H19NS. The standard InChI is InChI=1S/C13H19NS/c1-3-14(9-12(2)11-15)10-13-7-5-4-6-8-13/h4-8,15H,2-3,9-11H2,1H3. The number of nitrogens with zero attached hydrogens (tertiary/aromatic N) is 1. The molecule has 0 saturated carbocycles. The SMILES string of the molecule is C=C(CS)CN(CC)Cc1ccccc1. The van der Waals surface area contributed by atoms with Crippen LogP contribution in [0.2, 0.25) is 0 Å². The number of likely N-dealkylation sites (N-methyl/N-ethyl adjacent to an activating group) is 1. The number of thiol groups is 1. The fraction of sp³-hybridized carbons (Fsp3) is 0.385. The molecular weight excluding hydrogens is 202 g/mol. The van der Waals surface area contributed by atoms with E-state index in [0.717, 1.165) is 25.4 Å². The summed E-state index contributed by atoms with van der Waals surface area (Å²) >= 11 is 4.23. The summed E-state index contributed by atoms with van der Waals surface area (Å²) < 4.78 is 0. The van der Waals surface area contributed by atoms with Crippen molar-refractivity contribution in [1.29, 1.82) is 0 Å². The first kappa shape index (κ1) is 12.3. The monoisotopic (exact) mass is 221 g/mol. The Hall–Kier alpha value is -0.730. The molecule has 0 fully saturated rings. The molecule has 0 spiro atoms. The summed E-state index contributed by atoms with van der Waals surface area (Å²) in [6.45, 7) is 9.13. The highest BCUT2D eigenvalue weighted by Gasteiger charge is 2.04. The summed E-state index contributed by atoms with van der Waals surface area (Å²) in [5, 5.41) is 0. The van der Waals surface area contributed by atoms with Crippen LogP contribution in [0, 0.1) is 0 Å². The summed E-state index contributed by atoms with van der Waals surface area (Å²) in [4.78, 5) is 2.37. The van der Waals surface area contributed by atoms with Gasteiger partial charge < -0.3 is 0 Å². The van der Waals surface area contributed by atoms with Crippen molar-refractivity contribution in [2.45, 2.75) is 13.5 Å². The topological polar surface area (TPSA) is 3.24 Å². The van der Waals surface area contributed by atoms with Gasteiger partial charge in [0.05, 0.1) is 0 Å². The molecule has 0 amide bonds. The van der Waals surface area contributed by atoms with Crippen LogP contribution in [0.4, 0.5) is 0 Å².